The molecular formula is C19H19N3O2. The summed E-state index contributed by atoms with van der Waals surface area (Å²) in [6.07, 6.45) is 4.26. The Kier molecular flexibility index (Phi) is 3.24. The number of fused-ring (bicyclic) bond motifs is 2. The molecule has 1 aromatic carbocycles. The van der Waals surface area contributed by atoms with Gasteiger partial charge in [-0.25, -0.2) is 0 Å². The molecule has 24 heavy (non-hydrogen) atoms. The number of anilines is 1. The fraction of sp³-hybridized carbons (Fsp3) is 0.421. The predicted octanol–water partition coefficient (Wildman–Crippen LogP) is 3.11. The number of carbonyl (C=O) groups is 1. The smallest absolute Gasteiger partial charge is 0.311 e. The summed E-state index contributed by atoms with van der Waals surface area (Å²) in [6.45, 7) is 3.20. The second-order valence-corrected chi connectivity index (χ2v) is 7.08. The average Bonchev–Trinajstić information content (AvgIpc) is 3.11. The molecule has 1 aromatic heterocycles. The number of benzene rings is 1. The Labute approximate surface area is 140 Å². The molecule has 0 spiro atoms. The second-order valence-electron chi connectivity index (χ2n) is 7.08. The molecule has 122 valence electrons. The van der Waals surface area contributed by atoms with Crippen molar-refractivity contribution in [1.82, 2.24) is 4.98 Å². The first-order valence-electron chi connectivity index (χ1n) is 8.33. The number of carboxylic acid groups (broad SMARTS) is 1. The van der Waals surface area contributed by atoms with Crippen LogP contribution in [0.1, 0.15) is 30.4 Å². The van der Waals surface area contributed by atoms with Crippen LogP contribution in [-0.2, 0) is 4.79 Å². The minimum Gasteiger partial charge on any atom is -0.481 e. The van der Waals surface area contributed by atoms with Crippen LogP contribution in [-0.4, -0.2) is 29.1 Å². The lowest BCUT2D eigenvalue weighted by Gasteiger charge is -2.25. The van der Waals surface area contributed by atoms with Crippen molar-refractivity contribution >= 4 is 22.6 Å². The molecule has 2 heterocycles. The number of aliphatic carboxylic acids is 1. The van der Waals surface area contributed by atoms with E-state index >= 15 is 0 Å². The van der Waals surface area contributed by atoms with Gasteiger partial charge in [0.15, 0.2) is 0 Å². The number of hydrogen-bond acceptors (Lipinski definition) is 4. The second kappa shape index (κ2) is 5.20. The maximum atomic E-state index is 12.0. The Bertz CT molecular complexity index is 886. The molecule has 1 aliphatic carbocycles. The molecule has 5 nitrogen and oxygen atoms in total. The molecular weight excluding hydrogens is 302 g/mol. The van der Waals surface area contributed by atoms with Crippen molar-refractivity contribution < 1.29 is 9.90 Å². The van der Waals surface area contributed by atoms with Gasteiger partial charge in [-0.1, -0.05) is 18.1 Å². The summed E-state index contributed by atoms with van der Waals surface area (Å²) in [5.41, 5.74) is 2.66. The van der Waals surface area contributed by atoms with Crippen molar-refractivity contribution in [2.45, 2.75) is 26.2 Å². The minimum atomic E-state index is -0.694. The number of aryl methyl sites for hydroxylation is 1. The van der Waals surface area contributed by atoms with Gasteiger partial charge >= 0.3 is 5.97 Å². The first-order valence-corrected chi connectivity index (χ1v) is 8.33. The average molecular weight is 321 g/mol. The molecule has 2 aromatic rings. The van der Waals surface area contributed by atoms with E-state index in [9.17, 15) is 15.2 Å². The zero-order valence-corrected chi connectivity index (χ0v) is 13.6. The van der Waals surface area contributed by atoms with E-state index in [0.717, 1.165) is 41.4 Å². The van der Waals surface area contributed by atoms with Gasteiger partial charge in [-0.3, -0.25) is 9.78 Å². The fourth-order valence-corrected chi connectivity index (χ4v) is 4.52. The van der Waals surface area contributed by atoms with Crippen LogP contribution in [0.4, 0.5) is 5.69 Å². The Morgan fingerprint density at radius 2 is 2.33 bits per heavy atom. The van der Waals surface area contributed by atoms with Gasteiger partial charge in [0.25, 0.3) is 0 Å². The van der Waals surface area contributed by atoms with Crippen LogP contribution in [0.5, 0.6) is 0 Å². The van der Waals surface area contributed by atoms with E-state index in [2.05, 4.69) is 16.0 Å². The third kappa shape index (κ3) is 1.99. The van der Waals surface area contributed by atoms with Crippen LogP contribution < -0.4 is 4.90 Å². The lowest BCUT2D eigenvalue weighted by molar-refractivity contribution is -0.149. The Hall–Kier alpha value is -2.61. The van der Waals surface area contributed by atoms with Crippen molar-refractivity contribution in [3.63, 3.8) is 0 Å². The summed E-state index contributed by atoms with van der Waals surface area (Å²) in [6, 6.07) is 8.24. The summed E-state index contributed by atoms with van der Waals surface area (Å²) < 4.78 is 0. The van der Waals surface area contributed by atoms with Crippen molar-refractivity contribution in [2.24, 2.45) is 11.3 Å². The highest BCUT2D eigenvalue weighted by molar-refractivity contribution is 5.95. The Morgan fingerprint density at radius 3 is 3.04 bits per heavy atom. The molecule has 0 radical (unpaired) electrons. The quantitative estimate of drug-likeness (QED) is 0.919. The number of hydrogen-bond donors (Lipinski definition) is 1. The summed E-state index contributed by atoms with van der Waals surface area (Å²) in [4.78, 5) is 18.4. The van der Waals surface area contributed by atoms with E-state index in [1.54, 1.807) is 6.20 Å². The highest BCUT2D eigenvalue weighted by Gasteiger charge is 2.55. The van der Waals surface area contributed by atoms with Crippen LogP contribution in [0.25, 0.3) is 10.9 Å². The van der Waals surface area contributed by atoms with Crippen LogP contribution >= 0.6 is 0 Å². The van der Waals surface area contributed by atoms with Gasteiger partial charge in [0, 0.05) is 24.7 Å². The molecule has 1 saturated heterocycles. The predicted molar refractivity (Wildman–Crippen MR) is 90.8 cm³/mol. The van der Waals surface area contributed by atoms with Gasteiger partial charge in [0.1, 0.15) is 6.07 Å². The topological polar surface area (TPSA) is 77.2 Å². The number of rotatable bonds is 2. The number of aromatic nitrogens is 1. The highest BCUT2D eigenvalue weighted by atomic mass is 16.4. The summed E-state index contributed by atoms with van der Waals surface area (Å²) in [5, 5.41) is 20.3. The third-order valence-corrected chi connectivity index (χ3v) is 5.73. The number of pyridine rings is 1. The van der Waals surface area contributed by atoms with Crippen LogP contribution in [0, 0.1) is 29.6 Å². The molecule has 0 unspecified atom stereocenters. The molecule has 5 heteroatoms. The molecule has 1 N–H and O–H groups in total. The van der Waals surface area contributed by atoms with Gasteiger partial charge < -0.3 is 10.0 Å². The van der Waals surface area contributed by atoms with E-state index < -0.39 is 11.4 Å². The van der Waals surface area contributed by atoms with Gasteiger partial charge in [0.2, 0.25) is 0 Å². The van der Waals surface area contributed by atoms with Crippen molar-refractivity contribution in [3.8, 4) is 6.07 Å². The third-order valence-electron chi connectivity index (χ3n) is 5.73. The summed E-state index contributed by atoms with van der Waals surface area (Å²) in [5.74, 6) is -0.532. The van der Waals surface area contributed by atoms with Gasteiger partial charge in [-0.05, 0) is 37.8 Å². The van der Waals surface area contributed by atoms with E-state index in [1.807, 2.05) is 25.1 Å². The molecule has 2 atom stereocenters. The lowest BCUT2D eigenvalue weighted by Crippen LogP contribution is -2.35. The largest absolute Gasteiger partial charge is 0.481 e. The van der Waals surface area contributed by atoms with Crippen molar-refractivity contribution in [1.29, 1.82) is 5.26 Å². The number of nitrogens with zero attached hydrogens (tertiary/aromatic N) is 3. The normalized spacial score (nSPS) is 25.7. The summed E-state index contributed by atoms with van der Waals surface area (Å²) >= 11 is 0. The number of nitriles is 1. The Morgan fingerprint density at radius 1 is 1.50 bits per heavy atom. The molecule has 4 rings (SSSR count). The van der Waals surface area contributed by atoms with Crippen LogP contribution in [0.15, 0.2) is 24.4 Å². The first kappa shape index (κ1) is 14.9. The number of carboxylic acids is 1. The molecule has 2 fully saturated rings. The summed E-state index contributed by atoms with van der Waals surface area (Å²) in [7, 11) is 0. The van der Waals surface area contributed by atoms with E-state index in [1.165, 1.54) is 0 Å². The van der Waals surface area contributed by atoms with E-state index in [4.69, 9.17) is 0 Å². The maximum Gasteiger partial charge on any atom is 0.311 e. The van der Waals surface area contributed by atoms with E-state index in [-0.39, 0.29) is 5.92 Å². The monoisotopic (exact) mass is 321 g/mol. The molecule has 0 amide bonds. The Balaban J connectivity index is 1.87. The SMILES string of the molecule is Cc1ccc2ncc(C#N)c(N3C[C@@H]4CCC[C@@]4(C(=O)O)C3)c2c1. The van der Waals surface area contributed by atoms with Crippen molar-refractivity contribution in [3.05, 3.63) is 35.5 Å². The van der Waals surface area contributed by atoms with Crippen molar-refractivity contribution in [2.75, 3.05) is 18.0 Å². The molecule has 0 bridgehead atoms. The van der Waals surface area contributed by atoms with E-state index in [0.29, 0.717) is 18.7 Å². The molecule has 2 aliphatic rings. The molecule has 1 aliphatic heterocycles. The lowest BCUT2D eigenvalue weighted by atomic mass is 9.81. The molecule has 1 saturated carbocycles. The van der Waals surface area contributed by atoms with Gasteiger partial charge in [0.05, 0.1) is 22.2 Å². The zero-order valence-electron chi connectivity index (χ0n) is 13.6. The van der Waals surface area contributed by atoms with Gasteiger partial charge in [-0.2, -0.15) is 5.26 Å². The zero-order chi connectivity index (χ0) is 16.9. The standard InChI is InChI=1S/C19H19N3O2/c1-12-4-5-16-15(7-12)17(13(8-20)9-21-16)22-10-14-3-2-6-19(14,11-22)18(23)24/h4-5,7,9,14H,2-3,6,10-11H2,1H3,(H,23,24)/t14-,19+/m0/s1. The van der Waals surface area contributed by atoms with Crippen LogP contribution in [0.2, 0.25) is 0 Å². The van der Waals surface area contributed by atoms with Crippen LogP contribution in [0.3, 0.4) is 0 Å². The highest BCUT2D eigenvalue weighted by Crippen LogP contribution is 2.50. The minimum absolute atomic E-state index is 0.162. The fourth-order valence-electron chi connectivity index (χ4n) is 4.52. The van der Waals surface area contributed by atoms with Gasteiger partial charge in [-0.15, -0.1) is 0 Å². The first-order chi connectivity index (χ1) is 11.5. The maximum absolute atomic E-state index is 12.0.